The van der Waals surface area contributed by atoms with Gasteiger partial charge in [0.15, 0.2) is 0 Å². The van der Waals surface area contributed by atoms with Crippen molar-refractivity contribution in [2.24, 2.45) is 5.92 Å². The van der Waals surface area contributed by atoms with Crippen LogP contribution in [0.15, 0.2) is 29.2 Å². The van der Waals surface area contributed by atoms with Gasteiger partial charge in [-0.25, -0.2) is 8.42 Å². The molecule has 1 aromatic carbocycles. The fraction of sp³-hybridized carbons (Fsp3) is 0.611. The monoisotopic (exact) mass is 365 g/mol. The first-order valence-corrected chi connectivity index (χ1v) is 10.5. The molecule has 0 bridgehead atoms. The Morgan fingerprint density at radius 3 is 2.32 bits per heavy atom. The third-order valence-corrected chi connectivity index (χ3v) is 7.16. The number of carbonyl (C=O) groups is 1. The average Bonchev–Trinajstić information content (AvgIpc) is 2.62. The molecule has 0 aliphatic carbocycles. The zero-order valence-corrected chi connectivity index (χ0v) is 15.8. The summed E-state index contributed by atoms with van der Waals surface area (Å²) < 4.78 is 27.1. The number of hydrogen-bond acceptors (Lipinski definition) is 4. The van der Waals surface area contributed by atoms with Crippen molar-refractivity contribution in [2.45, 2.75) is 37.6 Å². The van der Waals surface area contributed by atoms with Crippen LogP contribution in [-0.2, 0) is 10.0 Å². The zero-order chi connectivity index (χ0) is 18.0. The normalized spacial score (nSPS) is 23.6. The molecule has 0 radical (unpaired) electrons. The van der Waals surface area contributed by atoms with E-state index in [4.69, 9.17) is 0 Å². The molecular weight excluding hydrogens is 338 g/mol. The fourth-order valence-corrected chi connectivity index (χ4v) is 4.92. The molecule has 3 rings (SSSR count). The largest absolute Gasteiger partial charge is 0.333 e. The number of nitrogens with one attached hydrogen (secondary N) is 1. The molecule has 2 aliphatic heterocycles. The molecule has 1 atom stereocenters. The van der Waals surface area contributed by atoms with E-state index < -0.39 is 10.0 Å². The van der Waals surface area contributed by atoms with E-state index in [1.165, 1.54) is 0 Å². The maximum Gasteiger partial charge on any atom is 0.254 e. The van der Waals surface area contributed by atoms with E-state index in [1.54, 1.807) is 28.6 Å². The second-order valence-corrected chi connectivity index (χ2v) is 9.10. The Labute approximate surface area is 150 Å². The minimum absolute atomic E-state index is 0.0373. The Hall–Kier alpha value is -1.44. The second-order valence-electron chi connectivity index (χ2n) is 7.16. The van der Waals surface area contributed by atoms with Gasteiger partial charge >= 0.3 is 0 Å². The number of piperazine rings is 1. The number of hydrogen-bond donors (Lipinski definition) is 1. The number of amides is 1. The summed E-state index contributed by atoms with van der Waals surface area (Å²) >= 11 is 0. The first kappa shape index (κ1) is 18.4. The zero-order valence-electron chi connectivity index (χ0n) is 14.9. The fourth-order valence-electron chi connectivity index (χ4n) is 3.45. The molecule has 2 saturated heterocycles. The van der Waals surface area contributed by atoms with Crippen molar-refractivity contribution in [3.05, 3.63) is 29.8 Å². The predicted octanol–water partition coefficient (Wildman–Crippen LogP) is 1.54. The quantitative estimate of drug-likeness (QED) is 0.882. The summed E-state index contributed by atoms with van der Waals surface area (Å²) in [7, 11) is -3.47. The highest BCUT2D eigenvalue weighted by Gasteiger charge is 2.29. The van der Waals surface area contributed by atoms with Crippen LogP contribution in [0, 0.1) is 5.92 Å². The van der Waals surface area contributed by atoms with Crippen LogP contribution in [0.25, 0.3) is 0 Å². The van der Waals surface area contributed by atoms with Crippen LogP contribution >= 0.6 is 0 Å². The van der Waals surface area contributed by atoms with Crippen LogP contribution in [0.4, 0.5) is 0 Å². The highest BCUT2D eigenvalue weighted by Crippen LogP contribution is 2.24. The molecule has 138 valence electrons. The first-order chi connectivity index (χ1) is 11.9. The molecular formula is C18H27N3O3S. The topological polar surface area (TPSA) is 69.7 Å². The van der Waals surface area contributed by atoms with Crippen molar-refractivity contribution in [1.29, 1.82) is 0 Å². The van der Waals surface area contributed by atoms with Gasteiger partial charge in [-0.15, -0.1) is 0 Å². The molecule has 0 unspecified atom stereocenters. The lowest BCUT2D eigenvalue weighted by Crippen LogP contribution is -2.52. The van der Waals surface area contributed by atoms with E-state index in [9.17, 15) is 13.2 Å². The second kappa shape index (κ2) is 7.43. The van der Waals surface area contributed by atoms with Gasteiger partial charge in [-0.2, -0.15) is 4.31 Å². The minimum atomic E-state index is -3.47. The van der Waals surface area contributed by atoms with Gasteiger partial charge in [-0.1, -0.05) is 6.92 Å². The number of piperidine rings is 1. The summed E-state index contributed by atoms with van der Waals surface area (Å²) in [5, 5.41) is 3.26. The van der Waals surface area contributed by atoms with Gasteiger partial charge in [0.05, 0.1) is 4.90 Å². The van der Waals surface area contributed by atoms with Gasteiger partial charge in [0.2, 0.25) is 10.0 Å². The smallest absolute Gasteiger partial charge is 0.254 e. The Morgan fingerprint density at radius 1 is 1.08 bits per heavy atom. The molecule has 0 aromatic heterocycles. The summed E-state index contributed by atoms with van der Waals surface area (Å²) in [6.45, 7) is 7.56. The molecule has 1 aromatic rings. The van der Waals surface area contributed by atoms with Crippen LogP contribution in [-0.4, -0.2) is 62.3 Å². The van der Waals surface area contributed by atoms with Gasteiger partial charge in [0.1, 0.15) is 0 Å². The Morgan fingerprint density at radius 2 is 1.72 bits per heavy atom. The predicted molar refractivity (Wildman–Crippen MR) is 97.0 cm³/mol. The van der Waals surface area contributed by atoms with E-state index in [0.717, 1.165) is 25.9 Å². The van der Waals surface area contributed by atoms with Crippen molar-refractivity contribution in [1.82, 2.24) is 14.5 Å². The van der Waals surface area contributed by atoms with Crippen molar-refractivity contribution >= 4 is 15.9 Å². The summed E-state index contributed by atoms with van der Waals surface area (Å²) in [6.07, 6.45) is 1.80. The van der Waals surface area contributed by atoms with Crippen molar-refractivity contribution in [3.63, 3.8) is 0 Å². The molecule has 6 nitrogen and oxygen atoms in total. The molecule has 25 heavy (non-hydrogen) atoms. The number of nitrogens with zero attached hydrogens (tertiary/aromatic N) is 2. The Bertz CT molecular complexity index is 710. The Balaban J connectivity index is 1.74. The third-order valence-electron chi connectivity index (χ3n) is 5.24. The summed E-state index contributed by atoms with van der Waals surface area (Å²) in [5.41, 5.74) is 0.542. The Kier molecular flexibility index (Phi) is 5.46. The average molecular weight is 365 g/mol. The molecule has 1 N–H and O–H groups in total. The number of benzene rings is 1. The maximum absolute atomic E-state index is 12.8. The highest BCUT2D eigenvalue weighted by molar-refractivity contribution is 7.89. The molecule has 2 aliphatic rings. The van der Waals surface area contributed by atoms with E-state index in [0.29, 0.717) is 31.1 Å². The van der Waals surface area contributed by atoms with Crippen LogP contribution in [0.1, 0.15) is 37.0 Å². The standard InChI is InChI=1S/C18H27N3O3S/c1-14-7-10-20(11-8-14)25(23,24)17-5-3-16(4-6-17)18(22)21-12-9-19-13-15(21)2/h3-6,14-15,19H,7-13H2,1-2H3/t15-/m0/s1. The molecule has 1 amide bonds. The van der Waals surface area contributed by atoms with Gasteiger partial charge in [-0.3, -0.25) is 4.79 Å². The summed E-state index contributed by atoms with van der Waals surface area (Å²) in [6, 6.07) is 6.54. The van der Waals surface area contributed by atoms with Crippen LogP contribution < -0.4 is 5.32 Å². The lowest BCUT2D eigenvalue weighted by Gasteiger charge is -2.34. The SMILES string of the molecule is CC1CCN(S(=O)(=O)c2ccc(C(=O)N3CCNC[C@@H]3C)cc2)CC1. The van der Waals surface area contributed by atoms with Crippen molar-refractivity contribution in [3.8, 4) is 0 Å². The number of carbonyl (C=O) groups excluding carboxylic acids is 1. The summed E-state index contributed by atoms with van der Waals surface area (Å²) in [5.74, 6) is 0.539. The van der Waals surface area contributed by atoms with E-state index >= 15 is 0 Å². The lowest BCUT2D eigenvalue weighted by molar-refractivity contribution is 0.0655. The van der Waals surface area contributed by atoms with Crippen molar-refractivity contribution < 1.29 is 13.2 Å². The molecule has 2 fully saturated rings. The van der Waals surface area contributed by atoms with Gasteiger partial charge in [-0.05, 0) is 49.9 Å². The maximum atomic E-state index is 12.8. The van der Waals surface area contributed by atoms with E-state index in [-0.39, 0.29) is 16.8 Å². The van der Waals surface area contributed by atoms with E-state index in [1.807, 2.05) is 11.8 Å². The van der Waals surface area contributed by atoms with Crippen LogP contribution in [0.2, 0.25) is 0 Å². The third kappa shape index (κ3) is 3.88. The first-order valence-electron chi connectivity index (χ1n) is 9.01. The highest BCUT2D eigenvalue weighted by atomic mass is 32.2. The van der Waals surface area contributed by atoms with Gasteiger partial charge in [0, 0.05) is 44.3 Å². The lowest BCUT2D eigenvalue weighted by atomic mass is 10.0. The summed E-state index contributed by atoms with van der Waals surface area (Å²) in [4.78, 5) is 14.8. The number of rotatable bonds is 3. The number of sulfonamides is 1. The van der Waals surface area contributed by atoms with Crippen LogP contribution in [0.3, 0.4) is 0 Å². The minimum Gasteiger partial charge on any atom is -0.333 e. The molecule has 0 saturated carbocycles. The van der Waals surface area contributed by atoms with Gasteiger partial charge in [0.25, 0.3) is 5.91 Å². The van der Waals surface area contributed by atoms with Crippen molar-refractivity contribution in [2.75, 3.05) is 32.7 Å². The van der Waals surface area contributed by atoms with Gasteiger partial charge < -0.3 is 10.2 Å². The molecule has 0 spiro atoms. The molecule has 2 heterocycles. The van der Waals surface area contributed by atoms with E-state index in [2.05, 4.69) is 12.2 Å². The van der Waals surface area contributed by atoms with Crippen LogP contribution in [0.5, 0.6) is 0 Å². The molecule has 7 heteroatoms.